The number of hydrogen-bond acceptors (Lipinski definition) is 6. The summed E-state index contributed by atoms with van der Waals surface area (Å²) in [5, 5.41) is 14.2. The Hall–Kier alpha value is -1.14. The van der Waals surface area contributed by atoms with Crippen molar-refractivity contribution in [3.05, 3.63) is 5.89 Å². The molecular weight excluding hydrogens is 244 g/mol. The molecule has 0 bridgehead atoms. The summed E-state index contributed by atoms with van der Waals surface area (Å²) >= 11 is 0. The highest BCUT2D eigenvalue weighted by Gasteiger charge is 2.14. The van der Waals surface area contributed by atoms with Crippen molar-refractivity contribution in [3.63, 3.8) is 0 Å². The van der Waals surface area contributed by atoms with Crippen molar-refractivity contribution in [2.24, 2.45) is 0 Å². The van der Waals surface area contributed by atoms with Gasteiger partial charge in [0.25, 0.3) is 0 Å². The fourth-order valence-electron chi connectivity index (χ4n) is 2.21. The van der Waals surface area contributed by atoms with Crippen LogP contribution >= 0.6 is 0 Å². The van der Waals surface area contributed by atoms with Gasteiger partial charge in [-0.1, -0.05) is 24.9 Å². The van der Waals surface area contributed by atoms with E-state index in [0.717, 1.165) is 13.0 Å². The van der Waals surface area contributed by atoms with Gasteiger partial charge in [-0.25, -0.2) is 0 Å². The lowest BCUT2D eigenvalue weighted by Crippen LogP contribution is -2.15. The second-order valence-corrected chi connectivity index (χ2v) is 4.88. The van der Waals surface area contributed by atoms with E-state index in [-0.39, 0.29) is 0 Å². The molecule has 0 aromatic carbocycles. The Morgan fingerprint density at radius 2 is 2.11 bits per heavy atom. The zero-order valence-corrected chi connectivity index (χ0v) is 11.7. The molecule has 6 nitrogen and oxygen atoms in total. The Bertz CT molecular complexity index is 350. The molecule has 0 aliphatic heterocycles. The quantitative estimate of drug-likeness (QED) is 0.667. The normalized spacial score (nSPS) is 16.1. The van der Waals surface area contributed by atoms with Gasteiger partial charge < -0.3 is 19.8 Å². The van der Waals surface area contributed by atoms with E-state index >= 15 is 0 Å². The highest BCUT2D eigenvalue weighted by Crippen LogP contribution is 2.20. The van der Waals surface area contributed by atoms with Crippen molar-refractivity contribution in [2.75, 3.05) is 25.0 Å². The molecule has 1 aromatic rings. The topological polar surface area (TPSA) is 72.2 Å². The van der Waals surface area contributed by atoms with E-state index < -0.39 is 0 Å². The van der Waals surface area contributed by atoms with Crippen LogP contribution in [0.15, 0.2) is 4.42 Å². The molecule has 1 aromatic heterocycles. The summed E-state index contributed by atoms with van der Waals surface area (Å²) in [6.45, 7) is 5.11. The summed E-state index contributed by atoms with van der Waals surface area (Å²) in [5.74, 6) is 0.618. The van der Waals surface area contributed by atoms with Crippen LogP contribution in [0.2, 0.25) is 0 Å². The molecule has 0 amide bonds. The molecule has 2 N–H and O–H groups in total. The summed E-state index contributed by atoms with van der Waals surface area (Å²) in [7, 11) is 0. The molecule has 1 aliphatic rings. The number of nitrogens with one attached hydrogen (secondary N) is 2. The molecule has 1 saturated carbocycles. The van der Waals surface area contributed by atoms with Gasteiger partial charge in [0.1, 0.15) is 0 Å². The van der Waals surface area contributed by atoms with Gasteiger partial charge in [0.2, 0.25) is 5.89 Å². The molecule has 0 radical (unpaired) electrons. The first-order valence-corrected chi connectivity index (χ1v) is 7.27. The van der Waals surface area contributed by atoms with E-state index in [1.54, 1.807) is 0 Å². The molecule has 0 atom stereocenters. The largest absolute Gasteiger partial charge is 0.407 e. The van der Waals surface area contributed by atoms with E-state index in [0.29, 0.717) is 37.7 Å². The van der Waals surface area contributed by atoms with Gasteiger partial charge in [-0.3, -0.25) is 0 Å². The van der Waals surface area contributed by atoms with Crippen LogP contribution in [0, 0.1) is 0 Å². The minimum atomic E-state index is 0.457. The molecule has 1 heterocycles. The zero-order valence-electron chi connectivity index (χ0n) is 11.7. The molecule has 1 fully saturated rings. The minimum Gasteiger partial charge on any atom is -0.407 e. The van der Waals surface area contributed by atoms with E-state index in [9.17, 15) is 0 Å². The predicted molar refractivity (Wildman–Crippen MR) is 73.0 cm³/mol. The fraction of sp³-hybridized carbons (Fsp3) is 0.846. The Morgan fingerprint density at radius 3 is 2.89 bits per heavy atom. The summed E-state index contributed by atoms with van der Waals surface area (Å²) in [5.41, 5.74) is 0. The van der Waals surface area contributed by atoms with Gasteiger partial charge in [-0.2, -0.15) is 0 Å². The number of aromatic nitrogens is 2. The van der Waals surface area contributed by atoms with Crippen molar-refractivity contribution in [3.8, 4) is 0 Å². The number of rotatable bonds is 9. The molecule has 19 heavy (non-hydrogen) atoms. The second-order valence-electron chi connectivity index (χ2n) is 4.88. The first-order valence-electron chi connectivity index (χ1n) is 7.27. The lowest BCUT2D eigenvalue weighted by molar-refractivity contribution is 0.0656. The SMILES string of the molecule is CCCNCc1nnc(NCCOC2CCCC2)o1. The molecular formula is C13H24N4O2. The van der Waals surface area contributed by atoms with Gasteiger partial charge in [0.05, 0.1) is 19.3 Å². The summed E-state index contributed by atoms with van der Waals surface area (Å²) in [4.78, 5) is 0. The minimum absolute atomic E-state index is 0.457. The third kappa shape index (κ3) is 5.16. The highest BCUT2D eigenvalue weighted by molar-refractivity contribution is 5.16. The van der Waals surface area contributed by atoms with Crippen LogP contribution in [0.1, 0.15) is 44.9 Å². The summed E-state index contributed by atoms with van der Waals surface area (Å²) in [6, 6.07) is 0.475. The van der Waals surface area contributed by atoms with Gasteiger partial charge in [0, 0.05) is 6.54 Å². The van der Waals surface area contributed by atoms with Gasteiger partial charge in [-0.05, 0) is 25.8 Å². The molecule has 0 spiro atoms. The molecule has 1 aliphatic carbocycles. The van der Waals surface area contributed by atoms with E-state index in [1.807, 2.05) is 0 Å². The van der Waals surface area contributed by atoms with Crippen molar-refractivity contribution >= 4 is 6.01 Å². The van der Waals surface area contributed by atoms with Crippen molar-refractivity contribution in [1.29, 1.82) is 0 Å². The average Bonchev–Trinajstić information content (AvgIpc) is 3.06. The number of hydrogen-bond donors (Lipinski definition) is 2. The van der Waals surface area contributed by atoms with Crippen molar-refractivity contribution < 1.29 is 9.15 Å². The number of anilines is 1. The third-order valence-electron chi connectivity index (χ3n) is 3.20. The predicted octanol–water partition coefficient (Wildman–Crippen LogP) is 1.94. The summed E-state index contributed by atoms with van der Waals surface area (Å²) < 4.78 is 11.2. The maximum absolute atomic E-state index is 5.75. The Labute approximate surface area is 114 Å². The van der Waals surface area contributed by atoms with Crippen LogP contribution in [0.5, 0.6) is 0 Å². The van der Waals surface area contributed by atoms with Crippen LogP contribution in [0.3, 0.4) is 0 Å². The molecule has 2 rings (SSSR count). The Balaban J connectivity index is 1.57. The van der Waals surface area contributed by atoms with Crippen LogP contribution in [-0.2, 0) is 11.3 Å². The Kier molecular flexibility index (Phi) is 6.10. The number of nitrogens with zero attached hydrogens (tertiary/aromatic N) is 2. The molecule has 6 heteroatoms. The second kappa shape index (κ2) is 8.12. The fourth-order valence-corrected chi connectivity index (χ4v) is 2.21. The van der Waals surface area contributed by atoms with Crippen LogP contribution in [0.25, 0.3) is 0 Å². The van der Waals surface area contributed by atoms with E-state index in [2.05, 4.69) is 27.8 Å². The van der Waals surface area contributed by atoms with E-state index in [4.69, 9.17) is 9.15 Å². The molecule has 0 saturated heterocycles. The zero-order chi connectivity index (χ0) is 13.3. The van der Waals surface area contributed by atoms with Crippen LogP contribution < -0.4 is 10.6 Å². The first kappa shape index (κ1) is 14.3. The highest BCUT2D eigenvalue weighted by atomic mass is 16.5. The third-order valence-corrected chi connectivity index (χ3v) is 3.20. The monoisotopic (exact) mass is 268 g/mol. The molecule has 0 unspecified atom stereocenters. The van der Waals surface area contributed by atoms with Gasteiger partial charge in [0.15, 0.2) is 0 Å². The van der Waals surface area contributed by atoms with E-state index in [1.165, 1.54) is 25.7 Å². The number of ether oxygens (including phenoxy) is 1. The standard InChI is InChI=1S/C13H24N4O2/c1-2-7-14-10-12-16-17-13(19-12)15-8-9-18-11-5-3-4-6-11/h11,14H,2-10H2,1H3,(H,15,17). The first-order chi connectivity index (χ1) is 9.38. The Morgan fingerprint density at radius 1 is 1.26 bits per heavy atom. The van der Waals surface area contributed by atoms with Crippen LogP contribution in [0.4, 0.5) is 6.01 Å². The maximum atomic E-state index is 5.75. The van der Waals surface area contributed by atoms with Crippen molar-refractivity contribution in [1.82, 2.24) is 15.5 Å². The maximum Gasteiger partial charge on any atom is 0.315 e. The van der Waals surface area contributed by atoms with Crippen LogP contribution in [-0.4, -0.2) is 36.0 Å². The van der Waals surface area contributed by atoms with Gasteiger partial charge >= 0.3 is 6.01 Å². The lowest BCUT2D eigenvalue weighted by atomic mass is 10.3. The van der Waals surface area contributed by atoms with Gasteiger partial charge in [-0.15, -0.1) is 5.10 Å². The molecule has 108 valence electrons. The summed E-state index contributed by atoms with van der Waals surface area (Å²) in [6.07, 6.45) is 6.56. The lowest BCUT2D eigenvalue weighted by Gasteiger charge is -2.10. The smallest absolute Gasteiger partial charge is 0.315 e. The average molecular weight is 268 g/mol. The van der Waals surface area contributed by atoms with Crippen molar-refractivity contribution in [2.45, 2.75) is 51.7 Å².